The van der Waals surface area contributed by atoms with Crippen molar-refractivity contribution in [3.63, 3.8) is 0 Å². The highest BCUT2D eigenvalue weighted by Gasteiger charge is 2.24. The molecule has 0 bridgehead atoms. The minimum absolute atomic E-state index is 0.177. The van der Waals surface area contributed by atoms with E-state index in [1.165, 1.54) is 0 Å². The number of carbonyl (C=O) groups is 2. The van der Waals surface area contributed by atoms with E-state index in [2.05, 4.69) is 10.6 Å². The van der Waals surface area contributed by atoms with Crippen LogP contribution in [0.4, 0.5) is 0 Å². The third-order valence-electron chi connectivity index (χ3n) is 3.88. The molecule has 0 radical (unpaired) electrons. The number of hydrogen-bond acceptors (Lipinski definition) is 6. The zero-order chi connectivity index (χ0) is 21.3. The Labute approximate surface area is 173 Å². The van der Waals surface area contributed by atoms with Crippen LogP contribution >= 0.6 is 10.8 Å². The Balaban J connectivity index is 2.06. The van der Waals surface area contributed by atoms with Crippen LogP contribution in [0.15, 0.2) is 54.6 Å². The lowest BCUT2D eigenvalue weighted by molar-refractivity contribution is -0.122. The van der Waals surface area contributed by atoms with Gasteiger partial charge in [-0.15, -0.1) is 0 Å². The summed E-state index contributed by atoms with van der Waals surface area (Å²) in [5.74, 6) is -1.48. The van der Waals surface area contributed by atoms with Crippen LogP contribution in [0.3, 0.4) is 0 Å². The number of rotatable bonds is 9. The van der Waals surface area contributed by atoms with Crippen LogP contribution in [0.2, 0.25) is 0 Å². The van der Waals surface area contributed by atoms with Crippen LogP contribution in [0.25, 0.3) is 0 Å². The maximum absolute atomic E-state index is 12.4. The molecular formula is C20H21N3O4S2. The Morgan fingerprint density at radius 1 is 1.10 bits per heavy atom. The zero-order valence-corrected chi connectivity index (χ0v) is 17.4. The van der Waals surface area contributed by atoms with Crippen molar-refractivity contribution in [2.24, 2.45) is 0 Å². The van der Waals surface area contributed by atoms with Crippen molar-refractivity contribution < 1.29 is 18.0 Å². The van der Waals surface area contributed by atoms with E-state index in [1.54, 1.807) is 48.5 Å². The summed E-state index contributed by atoms with van der Waals surface area (Å²) in [7, 11) is -2.98. The highest BCUT2D eigenvalue weighted by Crippen LogP contribution is 2.20. The minimum Gasteiger partial charge on any atom is -0.341 e. The first-order valence-electron chi connectivity index (χ1n) is 8.74. The highest BCUT2D eigenvalue weighted by molar-refractivity contribution is 8.71. The minimum atomic E-state index is -3.58. The number of nitriles is 1. The van der Waals surface area contributed by atoms with Crippen molar-refractivity contribution in [1.29, 1.82) is 5.26 Å². The van der Waals surface area contributed by atoms with Gasteiger partial charge in [-0.2, -0.15) is 5.26 Å². The van der Waals surface area contributed by atoms with Gasteiger partial charge in [-0.25, -0.2) is 8.42 Å². The van der Waals surface area contributed by atoms with Gasteiger partial charge in [0.25, 0.3) is 5.91 Å². The zero-order valence-electron chi connectivity index (χ0n) is 15.8. The smallest absolute Gasteiger partial charge is 0.251 e. The highest BCUT2D eigenvalue weighted by atomic mass is 33.1. The lowest BCUT2D eigenvalue weighted by Crippen LogP contribution is -2.48. The number of carbonyl (C=O) groups excluding carboxylic acids is 2. The average molecular weight is 432 g/mol. The Morgan fingerprint density at radius 3 is 2.38 bits per heavy atom. The molecule has 0 spiro atoms. The normalized spacial score (nSPS) is 11.9. The average Bonchev–Trinajstić information content (AvgIpc) is 2.71. The molecule has 0 saturated carbocycles. The first-order chi connectivity index (χ1) is 13.8. The van der Waals surface area contributed by atoms with Gasteiger partial charge in [-0.3, -0.25) is 9.59 Å². The lowest BCUT2D eigenvalue weighted by atomic mass is 10.2. The van der Waals surface area contributed by atoms with E-state index in [0.29, 0.717) is 21.9 Å². The van der Waals surface area contributed by atoms with Gasteiger partial charge in [-0.05, 0) is 35.4 Å². The number of aryl methyl sites for hydroxylation is 1. The fourth-order valence-electron chi connectivity index (χ4n) is 2.37. The van der Waals surface area contributed by atoms with Gasteiger partial charge in [0, 0.05) is 11.3 Å². The SMILES string of the molecule is Cc1ccc(CS(=O)(=O)SCC(NC(=O)c2ccccc2)C(=O)NCC#N)cc1. The Bertz CT molecular complexity index is 985. The number of nitrogens with one attached hydrogen (secondary N) is 2. The summed E-state index contributed by atoms with van der Waals surface area (Å²) in [5.41, 5.74) is 2.01. The second kappa shape index (κ2) is 10.6. The van der Waals surface area contributed by atoms with Gasteiger partial charge in [0.2, 0.25) is 14.8 Å². The summed E-state index contributed by atoms with van der Waals surface area (Å²) in [5, 5.41) is 13.5. The van der Waals surface area contributed by atoms with Gasteiger partial charge >= 0.3 is 0 Å². The first kappa shape index (κ1) is 22.5. The monoisotopic (exact) mass is 431 g/mol. The van der Waals surface area contributed by atoms with E-state index < -0.39 is 26.7 Å². The summed E-state index contributed by atoms with van der Waals surface area (Å²) in [6.07, 6.45) is 0. The van der Waals surface area contributed by atoms with E-state index in [0.717, 1.165) is 5.56 Å². The summed E-state index contributed by atoms with van der Waals surface area (Å²) in [6, 6.07) is 16.1. The summed E-state index contributed by atoms with van der Waals surface area (Å²) in [4.78, 5) is 24.7. The van der Waals surface area contributed by atoms with Crippen molar-refractivity contribution in [3.8, 4) is 6.07 Å². The fraction of sp³-hybridized carbons (Fsp3) is 0.250. The molecule has 2 aromatic rings. The lowest BCUT2D eigenvalue weighted by Gasteiger charge is -2.17. The summed E-state index contributed by atoms with van der Waals surface area (Å²) >= 11 is 0. The van der Waals surface area contributed by atoms with Gasteiger partial charge in [0.1, 0.15) is 12.6 Å². The van der Waals surface area contributed by atoms with Gasteiger partial charge in [0.05, 0.1) is 11.8 Å². The number of amides is 2. The molecule has 2 rings (SSSR count). The number of benzene rings is 2. The summed E-state index contributed by atoms with van der Waals surface area (Å²) in [6.45, 7) is 1.67. The van der Waals surface area contributed by atoms with Gasteiger partial charge in [0.15, 0.2) is 0 Å². The molecule has 1 unspecified atom stereocenters. The molecule has 9 heteroatoms. The second-order valence-electron chi connectivity index (χ2n) is 6.24. The van der Waals surface area contributed by atoms with E-state index in [-0.39, 0.29) is 18.1 Å². The molecule has 0 aliphatic rings. The van der Waals surface area contributed by atoms with Crippen molar-refractivity contribution in [2.45, 2.75) is 18.7 Å². The van der Waals surface area contributed by atoms with Crippen molar-refractivity contribution in [1.82, 2.24) is 10.6 Å². The van der Waals surface area contributed by atoms with Gasteiger partial charge in [-0.1, -0.05) is 48.0 Å². The molecule has 2 amide bonds. The first-order valence-corrected chi connectivity index (χ1v) is 11.9. The molecule has 2 aromatic carbocycles. The molecule has 0 fully saturated rings. The second-order valence-corrected chi connectivity index (χ2v) is 10.4. The van der Waals surface area contributed by atoms with Gasteiger partial charge < -0.3 is 10.6 Å². The Morgan fingerprint density at radius 2 is 1.76 bits per heavy atom. The van der Waals surface area contributed by atoms with Crippen LogP contribution in [0, 0.1) is 18.3 Å². The van der Waals surface area contributed by atoms with Crippen molar-refractivity contribution >= 4 is 31.5 Å². The van der Waals surface area contributed by atoms with E-state index in [1.807, 2.05) is 19.1 Å². The topological polar surface area (TPSA) is 116 Å². The molecule has 2 N–H and O–H groups in total. The van der Waals surface area contributed by atoms with Crippen LogP contribution < -0.4 is 10.6 Å². The predicted molar refractivity (Wildman–Crippen MR) is 113 cm³/mol. The number of nitrogens with zero attached hydrogens (tertiary/aromatic N) is 1. The standard InChI is InChI=1S/C20H21N3O4S2/c1-15-7-9-16(10-8-15)14-29(26,27)28-13-18(20(25)22-12-11-21)23-19(24)17-5-3-2-4-6-17/h2-10,18H,12-14H2,1H3,(H,22,25)(H,23,24). The van der Waals surface area contributed by atoms with E-state index in [9.17, 15) is 18.0 Å². The molecule has 152 valence electrons. The molecule has 29 heavy (non-hydrogen) atoms. The van der Waals surface area contributed by atoms with Crippen molar-refractivity contribution in [2.75, 3.05) is 12.3 Å². The Hall–Kier alpha value is -2.83. The third kappa shape index (κ3) is 7.60. The molecule has 0 heterocycles. The maximum Gasteiger partial charge on any atom is 0.251 e. The van der Waals surface area contributed by atoms with Crippen LogP contribution in [0.5, 0.6) is 0 Å². The summed E-state index contributed by atoms with van der Waals surface area (Å²) < 4.78 is 24.9. The molecule has 0 aromatic heterocycles. The maximum atomic E-state index is 12.4. The molecule has 0 aliphatic carbocycles. The van der Waals surface area contributed by atoms with E-state index >= 15 is 0 Å². The predicted octanol–water partition coefficient (Wildman–Crippen LogP) is 2.00. The fourth-order valence-corrected chi connectivity index (χ4v) is 5.32. The van der Waals surface area contributed by atoms with Crippen LogP contribution in [-0.4, -0.2) is 38.6 Å². The van der Waals surface area contributed by atoms with Crippen molar-refractivity contribution in [3.05, 3.63) is 71.3 Å². The quantitative estimate of drug-likeness (QED) is 0.463. The van der Waals surface area contributed by atoms with Crippen LogP contribution in [0.1, 0.15) is 21.5 Å². The molecule has 0 aliphatic heterocycles. The Kier molecular flexibility index (Phi) is 8.24. The molecule has 7 nitrogen and oxygen atoms in total. The van der Waals surface area contributed by atoms with E-state index in [4.69, 9.17) is 5.26 Å². The third-order valence-corrected chi connectivity index (χ3v) is 7.23. The molecular weight excluding hydrogens is 410 g/mol. The number of hydrogen-bond donors (Lipinski definition) is 2. The molecule has 1 atom stereocenters. The molecule has 0 saturated heterocycles. The van der Waals surface area contributed by atoms with Crippen LogP contribution in [-0.2, 0) is 19.4 Å². The largest absolute Gasteiger partial charge is 0.341 e.